The summed E-state index contributed by atoms with van der Waals surface area (Å²) in [5.41, 5.74) is 1.21. The lowest BCUT2D eigenvalue weighted by Gasteiger charge is -2.37. The number of nitrogens with one attached hydrogen (secondary N) is 1. The number of imidazole rings is 1. The van der Waals surface area contributed by atoms with Gasteiger partial charge in [-0.3, -0.25) is 0 Å². The first-order valence-electron chi connectivity index (χ1n) is 7.66. The van der Waals surface area contributed by atoms with E-state index in [0.29, 0.717) is 12.1 Å². The Labute approximate surface area is 117 Å². The van der Waals surface area contributed by atoms with Gasteiger partial charge in [-0.25, -0.2) is 4.98 Å². The van der Waals surface area contributed by atoms with Crippen LogP contribution in [0, 0.1) is 0 Å². The Bertz CT molecular complexity index is 395. The summed E-state index contributed by atoms with van der Waals surface area (Å²) in [5.74, 6) is 1.17. The lowest BCUT2D eigenvalue weighted by Crippen LogP contribution is -2.46. The van der Waals surface area contributed by atoms with Gasteiger partial charge in [0, 0.05) is 31.4 Å². The average Bonchev–Trinajstić information content (AvgIpc) is 2.84. The number of nitrogens with zero attached hydrogens (tertiary/aromatic N) is 3. The van der Waals surface area contributed by atoms with Crippen molar-refractivity contribution in [2.75, 3.05) is 25.0 Å². The van der Waals surface area contributed by atoms with Crippen LogP contribution in [-0.2, 0) is 6.42 Å². The number of likely N-dealkylation sites (N-methyl/N-ethyl adjacent to an activating group) is 1. The normalized spacial score (nSPS) is 20.3. The highest BCUT2D eigenvalue weighted by molar-refractivity contribution is 5.37. The molecule has 0 saturated carbocycles. The minimum atomic E-state index is 0.472. The SMILES string of the molecule is CCc1cn(C(C)C)c(N2CCCCC2CNC)n1. The summed E-state index contributed by atoms with van der Waals surface area (Å²) >= 11 is 0. The first kappa shape index (κ1) is 14.4. The predicted molar refractivity (Wildman–Crippen MR) is 80.9 cm³/mol. The van der Waals surface area contributed by atoms with Crippen LogP contribution in [0.5, 0.6) is 0 Å². The molecule has 0 aliphatic carbocycles. The molecule has 4 heteroatoms. The standard InChI is InChI=1S/C15H28N4/c1-5-13-11-19(12(2)3)15(17-13)18-9-7-6-8-14(18)10-16-4/h11-12,14,16H,5-10H2,1-4H3. The summed E-state index contributed by atoms with van der Waals surface area (Å²) in [6.45, 7) is 8.84. The topological polar surface area (TPSA) is 33.1 Å². The van der Waals surface area contributed by atoms with Crippen molar-refractivity contribution in [3.05, 3.63) is 11.9 Å². The molecule has 0 amide bonds. The average molecular weight is 264 g/mol. The van der Waals surface area contributed by atoms with E-state index in [9.17, 15) is 0 Å². The third kappa shape index (κ3) is 3.11. The van der Waals surface area contributed by atoms with Crippen LogP contribution in [0.4, 0.5) is 5.95 Å². The fourth-order valence-corrected chi connectivity index (χ4v) is 2.91. The highest BCUT2D eigenvalue weighted by Gasteiger charge is 2.26. The summed E-state index contributed by atoms with van der Waals surface area (Å²) in [6.07, 6.45) is 7.13. The lowest BCUT2D eigenvalue weighted by atomic mass is 10.0. The molecule has 1 aromatic heterocycles. The Morgan fingerprint density at radius 1 is 1.42 bits per heavy atom. The van der Waals surface area contributed by atoms with E-state index in [2.05, 4.69) is 41.8 Å². The number of anilines is 1. The number of aromatic nitrogens is 2. The van der Waals surface area contributed by atoms with Crippen molar-refractivity contribution >= 4 is 5.95 Å². The Kier molecular flexibility index (Phi) is 4.86. The van der Waals surface area contributed by atoms with E-state index in [1.807, 2.05) is 7.05 Å². The quantitative estimate of drug-likeness (QED) is 0.887. The van der Waals surface area contributed by atoms with Crippen LogP contribution >= 0.6 is 0 Å². The fraction of sp³-hybridized carbons (Fsp3) is 0.800. The molecule has 1 unspecified atom stereocenters. The van der Waals surface area contributed by atoms with Crippen LogP contribution in [0.1, 0.15) is 51.8 Å². The van der Waals surface area contributed by atoms with Crippen molar-refractivity contribution in [1.29, 1.82) is 0 Å². The molecule has 108 valence electrons. The summed E-state index contributed by atoms with van der Waals surface area (Å²) < 4.78 is 2.34. The van der Waals surface area contributed by atoms with Crippen molar-refractivity contribution in [2.45, 2.75) is 58.5 Å². The first-order valence-corrected chi connectivity index (χ1v) is 7.66. The van der Waals surface area contributed by atoms with E-state index < -0.39 is 0 Å². The van der Waals surface area contributed by atoms with Crippen molar-refractivity contribution in [1.82, 2.24) is 14.9 Å². The molecule has 0 spiro atoms. The van der Waals surface area contributed by atoms with Gasteiger partial charge < -0.3 is 14.8 Å². The van der Waals surface area contributed by atoms with E-state index in [1.54, 1.807) is 0 Å². The maximum atomic E-state index is 4.87. The van der Waals surface area contributed by atoms with Gasteiger partial charge in [-0.15, -0.1) is 0 Å². The summed E-state index contributed by atoms with van der Waals surface area (Å²) in [4.78, 5) is 7.38. The molecular weight excluding hydrogens is 236 g/mol. The minimum absolute atomic E-state index is 0.472. The summed E-state index contributed by atoms with van der Waals surface area (Å²) in [6, 6.07) is 1.06. The molecule has 0 aromatic carbocycles. The van der Waals surface area contributed by atoms with Gasteiger partial charge in [0.15, 0.2) is 0 Å². The zero-order chi connectivity index (χ0) is 13.8. The molecule has 1 aliphatic rings. The highest BCUT2D eigenvalue weighted by atomic mass is 15.3. The van der Waals surface area contributed by atoms with Gasteiger partial charge in [0.05, 0.1) is 5.69 Å². The molecule has 0 bridgehead atoms. The molecule has 0 radical (unpaired) electrons. The van der Waals surface area contributed by atoms with Gasteiger partial charge in [-0.05, 0) is 46.6 Å². The molecule has 1 N–H and O–H groups in total. The number of hydrogen-bond donors (Lipinski definition) is 1. The third-order valence-electron chi connectivity index (χ3n) is 4.01. The van der Waals surface area contributed by atoms with Crippen LogP contribution in [0.15, 0.2) is 6.20 Å². The zero-order valence-corrected chi connectivity index (χ0v) is 12.8. The predicted octanol–water partition coefficient (Wildman–Crippen LogP) is 2.60. The second-order valence-corrected chi connectivity index (χ2v) is 5.79. The Balaban J connectivity index is 2.29. The van der Waals surface area contributed by atoms with E-state index in [0.717, 1.165) is 19.5 Å². The number of aryl methyl sites for hydroxylation is 1. The molecular formula is C15H28N4. The third-order valence-corrected chi connectivity index (χ3v) is 4.01. The fourth-order valence-electron chi connectivity index (χ4n) is 2.91. The Morgan fingerprint density at radius 2 is 2.21 bits per heavy atom. The molecule has 1 fully saturated rings. The molecule has 2 heterocycles. The molecule has 1 aliphatic heterocycles. The lowest BCUT2D eigenvalue weighted by molar-refractivity contribution is 0.430. The smallest absolute Gasteiger partial charge is 0.206 e. The summed E-state index contributed by atoms with van der Waals surface area (Å²) in [5, 5.41) is 3.33. The van der Waals surface area contributed by atoms with Gasteiger partial charge in [0.2, 0.25) is 5.95 Å². The van der Waals surface area contributed by atoms with Crippen molar-refractivity contribution < 1.29 is 0 Å². The van der Waals surface area contributed by atoms with E-state index in [1.165, 1.54) is 30.9 Å². The van der Waals surface area contributed by atoms with Crippen LogP contribution < -0.4 is 10.2 Å². The minimum Gasteiger partial charge on any atom is -0.338 e. The van der Waals surface area contributed by atoms with Gasteiger partial charge in [-0.1, -0.05) is 6.92 Å². The van der Waals surface area contributed by atoms with Crippen molar-refractivity contribution in [3.8, 4) is 0 Å². The van der Waals surface area contributed by atoms with Gasteiger partial charge in [0.1, 0.15) is 0 Å². The van der Waals surface area contributed by atoms with E-state index in [-0.39, 0.29) is 0 Å². The van der Waals surface area contributed by atoms with Crippen molar-refractivity contribution in [2.24, 2.45) is 0 Å². The Hall–Kier alpha value is -1.03. The first-order chi connectivity index (χ1) is 9.17. The van der Waals surface area contributed by atoms with Gasteiger partial charge in [0.25, 0.3) is 0 Å². The van der Waals surface area contributed by atoms with Crippen molar-refractivity contribution in [3.63, 3.8) is 0 Å². The van der Waals surface area contributed by atoms with Crippen LogP contribution in [-0.4, -0.2) is 35.7 Å². The molecule has 19 heavy (non-hydrogen) atoms. The maximum absolute atomic E-state index is 4.87. The van der Waals surface area contributed by atoms with Gasteiger partial charge >= 0.3 is 0 Å². The van der Waals surface area contributed by atoms with E-state index >= 15 is 0 Å². The molecule has 1 aromatic rings. The largest absolute Gasteiger partial charge is 0.338 e. The molecule has 1 atom stereocenters. The second-order valence-electron chi connectivity index (χ2n) is 5.79. The molecule has 2 rings (SSSR count). The monoisotopic (exact) mass is 264 g/mol. The highest BCUT2D eigenvalue weighted by Crippen LogP contribution is 2.26. The van der Waals surface area contributed by atoms with Crippen LogP contribution in [0.2, 0.25) is 0 Å². The molecule has 4 nitrogen and oxygen atoms in total. The molecule has 1 saturated heterocycles. The number of hydrogen-bond acceptors (Lipinski definition) is 3. The Morgan fingerprint density at radius 3 is 2.84 bits per heavy atom. The number of rotatable bonds is 5. The second kappa shape index (κ2) is 6.42. The van der Waals surface area contributed by atoms with E-state index in [4.69, 9.17) is 4.98 Å². The van der Waals surface area contributed by atoms with Crippen LogP contribution in [0.25, 0.3) is 0 Å². The zero-order valence-electron chi connectivity index (χ0n) is 12.8. The maximum Gasteiger partial charge on any atom is 0.206 e. The van der Waals surface area contributed by atoms with Gasteiger partial charge in [-0.2, -0.15) is 0 Å². The number of piperidine rings is 1. The summed E-state index contributed by atoms with van der Waals surface area (Å²) in [7, 11) is 2.04. The van der Waals surface area contributed by atoms with Crippen LogP contribution in [0.3, 0.4) is 0 Å².